The number of alkyl halides is 3. The van der Waals surface area contributed by atoms with Crippen LogP contribution in [0.1, 0.15) is 43.1 Å². The average Bonchev–Trinajstić information content (AvgIpc) is 2.89. The second kappa shape index (κ2) is 8.67. The topological polar surface area (TPSA) is 43.4 Å². The summed E-state index contributed by atoms with van der Waals surface area (Å²) in [7, 11) is 0. The highest BCUT2D eigenvalue weighted by molar-refractivity contribution is 7.11. The fraction of sp³-hybridized carbons (Fsp3) is 0.769. The molecule has 1 aromatic rings. The summed E-state index contributed by atoms with van der Waals surface area (Å²) in [6.07, 6.45) is -2.96. The number of rotatable bonds is 9. The second-order valence-electron chi connectivity index (χ2n) is 4.28. The number of nitrogens with one attached hydrogen (secondary N) is 1. The van der Waals surface area contributed by atoms with Crippen LogP contribution in [0.4, 0.5) is 13.2 Å². The minimum Gasteiger partial charge on any atom is -0.351 e. The Morgan fingerprint density at radius 3 is 2.29 bits per heavy atom. The van der Waals surface area contributed by atoms with Crippen LogP contribution >= 0.6 is 11.3 Å². The van der Waals surface area contributed by atoms with Crippen LogP contribution in [0, 0.1) is 0 Å². The minimum atomic E-state index is -4.43. The van der Waals surface area contributed by atoms with Crippen LogP contribution in [0.25, 0.3) is 0 Å². The van der Waals surface area contributed by atoms with Crippen molar-refractivity contribution in [3.8, 4) is 0 Å². The zero-order chi connectivity index (χ0) is 15.9. The number of ether oxygens (including phenoxy) is 2. The molecule has 0 aliphatic carbocycles. The molecule has 0 radical (unpaired) electrons. The molecular weight excluding hydrogens is 305 g/mol. The zero-order valence-corrected chi connectivity index (χ0v) is 13.2. The van der Waals surface area contributed by atoms with Gasteiger partial charge in [-0.1, -0.05) is 6.92 Å². The van der Waals surface area contributed by atoms with Crippen molar-refractivity contribution < 1.29 is 22.6 Å². The van der Waals surface area contributed by atoms with Crippen LogP contribution in [0.5, 0.6) is 0 Å². The van der Waals surface area contributed by atoms with E-state index in [4.69, 9.17) is 9.47 Å². The molecule has 0 aliphatic heterocycles. The molecule has 0 fully saturated rings. The molecule has 1 unspecified atom stereocenters. The van der Waals surface area contributed by atoms with E-state index in [1.165, 1.54) is 6.20 Å². The standard InChI is InChI=1S/C13H21F3N2O2S/c1-4-7-17-10(11(19-5-2)20-6-3)9-8-18-12(21-9)13(14,15)16/h8,10-11,17H,4-7H2,1-3H3. The highest BCUT2D eigenvalue weighted by Gasteiger charge is 2.36. The lowest BCUT2D eigenvalue weighted by molar-refractivity contribution is -0.154. The van der Waals surface area contributed by atoms with Gasteiger partial charge >= 0.3 is 6.18 Å². The predicted octanol–water partition coefficient (Wildman–Crippen LogP) is 3.60. The normalized spacial score (nSPS) is 13.9. The highest BCUT2D eigenvalue weighted by Crippen LogP contribution is 2.35. The van der Waals surface area contributed by atoms with E-state index in [2.05, 4.69) is 10.3 Å². The second-order valence-corrected chi connectivity index (χ2v) is 5.34. The van der Waals surface area contributed by atoms with E-state index in [-0.39, 0.29) is 0 Å². The number of aromatic nitrogens is 1. The molecule has 1 heterocycles. The number of nitrogens with zero attached hydrogens (tertiary/aromatic N) is 1. The maximum Gasteiger partial charge on any atom is 0.443 e. The summed E-state index contributed by atoms with van der Waals surface area (Å²) in [6, 6.07) is -0.460. The van der Waals surface area contributed by atoms with E-state index in [1.807, 2.05) is 20.8 Å². The smallest absolute Gasteiger partial charge is 0.351 e. The lowest BCUT2D eigenvalue weighted by Gasteiger charge is -2.26. The van der Waals surface area contributed by atoms with Gasteiger partial charge in [-0.3, -0.25) is 0 Å². The summed E-state index contributed by atoms with van der Waals surface area (Å²) in [5, 5.41) is 2.32. The Labute approximate surface area is 126 Å². The molecule has 1 N–H and O–H groups in total. The van der Waals surface area contributed by atoms with Crippen molar-refractivity contribution in [2.45, 2.75) is 45.7 Å². The summed E-state index contributed by atoms with van der Waals surface area (Å²) in [5.41, 5.74) is 0. The van der Waals surface area contributed by atoms with Gasteiger partial charge in [0.25, 0.3) is 0 Å². The Balaban J connectivity index is 2.96. The molecule has 8 heteroatoms. The van der Waals surface area contributed by atoms with Gasteiger partial charge in [-0.05, 0) is 26.8 Å². The Bertz CT molecular complexity index is 406. The van der Waals surface area contributed by atoms with E-state index < -0.39 is 23.5 Å². The van der Waals surface area contributed by atoms with Crippen molar-refractivity contribution >= 4 is 11.3 Å². The van der Waals surface area contributed by atoms with Crippen molar-refractivity contribution in [1.82, 2.24) is 10.3 Å². The van der Waals surface area contributed by atoms with Crippen molar-refractivity contribution in [3.63, 3.8) is 0 Å². The number of thiazole rings is 1. The van der Waals surface area contributed by atoms with Gasteiger partial charge in [0.05, 0.1) is 6.04 Å². The largest absolute Gasteiger partial charge is 0.443 e. The van der Waals surface area contributed by atoms with Crippen LogP contribution < -0.4 is 5.32 Å². The fourth-order valence-corrected chi connectivity index (χ4v) is 2.63. The van der Waals surface area contributed by atoms with E-state index in [9.17, 15) is 13.2 Å². The SMILES string of the molecule is CCCNC(c1cnc(C(F)(F)F)s1)C(OCC)OCC. The Kier molecular flexibility index (Phi) is 7.58. The van der Waals surface area contributed by atoms with Crippen LogP contribution in [0.2, 0.25) is 0 Å². The first-order valence-electron chi connectivity index (χ1n) is 6.93. The molecule has 0 bridgehead atoms. The van der Waals surface area contributed by atoms with Gasteiger partial charge in [0.15, 0.2) is 11.3 Å². The van der Waals surface area contributed by atoms with Crippen LogP contribution in [-0.2, 0) is 15.7 Å². The summed E-state index contributed by atoms with van der Waals surface area (Å²) in [5.74, 6) is 0. The Morgan fingerprint density at radius 2 is 1.86 bits per heavy atom. The average molecular weight is 326 g/mol. The third-order valence-electron chi connectivity index (χ3n) is 2.62. The molecule has 0 aliphatic rings. The molecule has 1 aromatic heterocycles. The quantitative estimate of drug-likeness (QED) is 0.704. The third kappa shape index (κ3) is 5.54. The highest BCUT2D eigenvalue weighted by atomic mass is 32.1. The van der Waals surface area contributed by atoms with Gasteiger partial charge in [0.2, 0.25) is 0 Å². The number of hydrogen-bond acceptors (Lipinski definition) is 5. The summed E-state index contributed by atoms with van der Waals surface area (Å²) < 4.78 is 49.0. The molecule has 0 amide bonds. The number of halogens is 3. The van der Waals surface area contributed by atoms with Crippen molar-refractivity contribution in [3.05, 3.63) is 16.1 Å². The van der Waals surface area contributed by atoms with Gasteiger partial charge in [-0.2, -0.15) is 13.2 Å². The summed E-state index contributed by atoms with van der Waals surface area (Å²) in [6.45, 7) is 7.10. The maximum atomic E-state index is 12.7. The van der Waals surface area contributed by atoms with Crippen LogP contribution in [0.15, 0.2) is 6.20 Å². The zero-order valence-electron chi connectivity index (χ0n) is 12.4. The first-order valence-corrected chi connectivity index (χ1v) is 7.75. The maximum absolute atomic E-state index is 12.7. The van der Waals surface area contributed by atoms with Gasteiger partial charge < -0.3 is 14.8 Å². The lowest BCUT2D eigenvalue weighted by atomic mass is 10.2. The number of hydrogen-bond donors (Lipinski definition) is 1. The molecule has 122 valence electrons. The van der Waals surface area contributed by atoms with Gasteiger partial charge in [0.1, 0.15) is 0 Å². The first-order chi connectivity index (χ1) is 9.93. The molecule has 0 aromatic carbocycles. The molecule has 4 nitrogen and oxygen atoms in total. The first kappa shape index (κ1) is 18.3. The van der Waals surface area contributed by atoms with E-state index in [1.54, 1.807) is 0 Å². The lowest BCUT2D eigenvalue weighted by Crippen LogP contribution is -2.36. The van der Waals surface area contributed by atoms with E-state index in [0.717, 1.165) is 6.42 Å². The van der Waals surface area contributed by atoms with E-state index >= 15 is 0 Å². The van der Waals surface area contributed by atoms with Crippen molar-refractivity contribution in [2.75, 3.05) is 19.8 Å². The van der Waals surface area contributed by atoms with Crippen molar-refractivity contribution in [1.29, 1.82) is 0 Å². The monoisotopic (exact) mass is 326 g/mol. The fourth-order valence-electron chi connectivity index (χ4n) is 1.76. The molecule has 0 saturated heterocycles. The molecule has 0 saturated carbocycles. The summed E-state index contributed by atoms with van der Waals surface area (Å²) >= 11 is 0.620. The molecule has 0 spiro atoms. The van der Waals surface area contributed by atoms with Crippen LogP contribution in [0.3, 0.4) is 0 Å². The van der Waals surface area contributed by atoms with Crippen molar-refractivity contribution in [2.24, 2.45) is 0 Å². The third-order valence-corrected chi connectivity index (χ3v) is 3.75. The molecule has 1 atom stereocenters. The van der Waals surface area contributed by atoms with Gasteiger partial charge in [-0.25, -0.2) is 4.98 Å². The van der Waals surface area contributed by atoms with E-state index in [0.29, 0.717) is 36.0 Å². The van der Waals surface area contributed by atoms with Gasteiger partial charge in [0, 0.05) is 24.3 Å². The predicted molar refractivity (Wildman–Crippen MR) is 75.2 cm³/mol. The molecule has 21 heavy (non-hydrogen) atoms. The molecular formula is C13H21F3N2O2S. The van der Waals surface area contributed by atoms with Crippen LogP contribution in [-0.4, -0.2) is 31.0 Å². The summed E-state index contributed by atoms with van der Waals surface area (Å²) in [4.78, 5) is 3.92. The Hall–Kier alpha value is -0.700. The molecule has 1 rings (SSSR count). The minimum absolute atomic E-state index is 0.417. The van der Waals surface area contributed by atoms with Gasteiger partial charge in [-0.15, -0.1) is 11.3 Å². The Morgan fingerprint density at radius 1 is 1.24 bits per heavy atom.